The van der Waals surface area contributed by atoms with Crippen LogP contribution in [0.4, 0.5) is 0 Å². The molecule has 152 valence electrons. The van der Waals surface area contributed by atoms with E-state index in [4.69, 9.17) is 9.72 Å². The number of nitrogens with zero attached hydrogens (tertiary/aromatic N) is 3. The lowest BCUT2D eigenvalue weighted by atomic mass is 10.1. The molecule has 0 amide bonds. The second-order valence-electron chi connectivity index (χ2n) is 7.83. The Balaban J connectivity index is 1.46. The van der Waals surface area contributed by atoms with Crippen molar-refractivity contribution >= 4 is 21.8 Å². The molecular formula is C24H24N4O2. The Bertz CT molecular complexity index is 1230. The van der Waals surface area contributed by atoms with Crippen LogP contribution in [-0.4, -0.2) is 39.1 Å². The summed E-state index contributed by atoms with van der Waals surface area (Å²) in [5.41, 5.74) is 2.80. The van der Waals surface area contributed by atoms with E-state index in [2.05, 4.69) is 39.1 Å². The highest BCUT2D eigenvalue weighted by molar-refractivity contribution is 5.81. The van der Waals surface area contributed by atoms with Gasteiger partial charge >= 0.3 is 0 Å². The Morgan fingerprint density at radius 1 is 1.07 bits per heavy atom. The summed E-state index contributed by atoms with van der Waals surface area (Å²) < 4.78 is 5.89. The van der Waals surface area contributed by atoms with E-state index in [1.54, 1.807) is 6.07 Å². The van der Waals surface area contributed by atoms with Crippen molar-refractivity contribution in [2.24, 2.45) is 0 Å². The monoisotopic (exact) mass is 400 g/mol. The van der Waals surface area contributed by atoms with Crippen molar-refractivity contribution in [1.29, 1.82) is 0 Å². The van der Waals surface area contributed by atoms with Crippen molar-refractivity contribution in [2.45, 2.75) is 32.0 Å². The lowest BCUT2D eigenvalue weighted by molar-refractivity contribution is 0.0671. The fraction of sp³-hybridized carbons (Fsp3) is 0.292. The third-order valence-electron chi connectivity index (χ3n) is 5.63. The number of para-hydroxylation sites is 2. The van der Waals surface area contributed by atoms with E-state index in [-0.39, 0.29) is 11.7 Å². The van der Waals surface area contributed by atoms with Gasteiger partial charge in [-0.2, -0.15) is 0 Å². The number of hydrogen-bond acceptors (Lipinski definition) is 5. The molecule has 1 N–H and O–H groups in total. The number of fused-ring (bicyclic) bond motifs is 2. The Hall–Kier alpha value is -3.09. The van der Waals surface area contributed by atoms with Gasteiger partial charge in [-0.3, -0.25) is 14.7 Å². The second-order valence-corrected chi connectivity index (χ2v) is 7.83. The molecule has 4 aromatic rings. The van der Waals surface area contributed by atoms with Crippen LogP contribution in [0.15, 0.2) is 65.6 Å². The maximum absolute atomic E-state index is 12.5. The molecule has 3 heterocycles. The number of aromatic amines is 1. The Morgan fingerprint density at radius 2 is 1.97 bits per heavy atom. The number of H-pyrrole nitrogens is 1. The van der Waals surface area contributed by atoms with E-state index in [1.165, 1.54) is 0 Å². The van der Waals surface area contributed by atoms with Gasteiger partial charge in [0, 0.05) is 31.3 Å². The number of benzene rings is 2. The van der Waals surface area contributed by atoms with Crippen molar-refractivity contribution in [3.05, 3.63) is 82.5 Å². The normalized spacial score (nSPS) is 16.6. The molecule has 6 nitrogen and oxygen atoms in total. The van der Waals surface area contributed by atoms with Crippen LogP contribution in [0.1, 0.15) is 24.2 Å². The standard InChI is InChI=1S/C24H24N4O2/c29-24-20-10-1-2-11-21(20)26-22(27-24)16-28(15-19-9-5-13-30-19)14-18-7-3-6-17-8-4-12-25-23(17)18/h1-4,6-8,10-12,19H,5,9,13-16H2,(H,26,27,29). The zero-order chi connectivity index (χ0) is 20.3. The summed E-state index contributed by atoms with van der Waals surface area (Å²) in [6, 6.07) is 17.8. The minimum atomic E-state index is -0.0977. The number of aromatic nitrogens is 3. The highest BCUT2D eigenvalue weighted by Gasteiger charge is 2.21. The van der Waals surface area contributed by atoms with E-state index in [0.29, 0.717) is 24.3 Å². The number of pyridine rings is 1. The van der Waals surface area contributed by atoms with Crippen LogP contribution in [0.25, 0.3) is 21.8 Å². The van der Waals surface area contributed by atoms with Gasteiger partial charge in [0.2, 0.25) is 0 Å². The summed E-state index contributed by atoms with van der Waals surface area (Å²) in [4.78, 5) is 27.1. The molecule has 30 heavy (non-hydrogen) atoms. The van der Waals surface area contributed by atoms with Crippen LogP contribution >= 0.6 is 0 Å². The molecule has 0 aliphatic carbocycles. The van der Waals surface area contributed by atoms with E-state index in [0.717, 1.165) is 48.0 Å². The second kappa shape index (κ2) is 8.34. The SMILES string of the molecule is O=c1[nH]c(CN(Cc2cccc3cccnc23)CC2CCCO2)nc2ccccc12. The highest BCUT2D eigenvalue weighted by Crippen LogP contribution is 2.21. The third kappa shape index (κ3) is 3.97. The highest BCUT2D eigenvalue weighted by atomic mass is 16.5. The van der Waals surface area contributed by atoms with E-state index in [9.17, 15) is 4.79 Å². The van der Waals surface area contributed by atoms with Gasteiger partial charge in [0.25, 0.3) is 5.56 Å². The summed E-state index contributed by atoms with van der Waals surface area (Å²) in [6.45, 7) is 2.87. The lowest BCUT2D eigenvalue weighted by Crippen LogP contribution is -2.33. The minimum absolute atomic E-state index is 0.0977. The zero-order valence-electron chi connectivity index (χ0n) is 16.8. The van der Waals surface area contributed by atoms with Crippen molar-refractivity contribution in [2.75, 3.05) is 13.2 Å². The van der Waals surface area contributed by atoms with E-state index in [1.807, 2.05) is 30.5 Å². The molecule has 1 saturated heterocycles. The van der Waals surface area contributed by atoms with Gasteiger partial charge < -0.3 is 9.72 Å². The average molecular weight is 400 g/mol. The number of nitrogens with one attached hydrogen (secondary N) is 1. The molecule has 1 aliphatic rings. The van der Waals surface area contributed by atoms with E-state index < -0.39 is 0 Å². The molecule has 1 atom stereocenters. The maximum Gasteiger partial charge on any atom is 0.258 e. The fourth-order valence-corrected chi connectivity index (χ4v) is 4.22. The van der Waals surface area contributed by atoms with Gasteiger partial charge in [-0.25, -0.2) is 4.98 Å². The maximum atomic E-state index is 12.5. The van der Waals surface area contributed by atoms with Gasteiger partial charge in [0.05, 0.1) is 29.1 Å². The van der Waals surface area contributed by atoms with E-state index >= 15 is 0 Å². The lowest BCUT2D eigenvalue weighted by Gasteiger charge is -2.25. The first-order valence-electron chi connectivity index (χ1n) is 10.4. The number of hydrogen-bond donors (Lipinski definition) is 1. The van der Waals surface area contributed by atoms with Crippen LogP contribution in [0, 0.1) is 0 Å². The van der Waals surface area contributed by atoms with Crippen LogP contribution in [0.3, 0.4) is 0 Å². The van der Waals surface area contributed by atoms with Crippen LogP contribution in [0.2, 0.25) is 0 Å². The molecular weight excluding hydrogens is 376 g/mol. The summed E-state index contributed by atoms with van der Waals surface area (Å²) >= 11 is 0. The molecule has 6 heteroatoms. The first-order valence-corrected chi connectivity index (χ1v) is 10.4. The Morgan fingerprint density at radius 3 is 2.87 bits per heavy atom. The fourth-order valence-electron chi connectivity index (χ4n) is 4.22. The van der Waals surface area contributed by atoms with Gasteiger partial charge in [0.15, 0.2) is 0 Å². The molecule has 1 fully saturated rings. The molecule has 0 spiro atoms. The molecule has 2 aromatic carbocycles. The first-order chi connectivity index (χ1) is 14.8. The quantitative estimate of drug-likeness (QED) is 0.535. The molecule has 5 rings (SSSR count). The summed E-state index contributed by atoms with van der Waals surface area (Å²) in [5, 5.41) is 1.74. The van der Waals surface area contributed by atoms with Gasteiger partial charge in [0.1, 0.15) is 5.82 Å². The molecule has 1 unspecified atom stereocenters. The smallest absolute Gasteiger partial charge is 0.258 e. The molecule has 0 saturated carbocycles. The van der Waals surface area contributed by atoms with Crippen molar-refractivity contribution < 1.29 is 4.74 Å². The molecule has 0 radical (unpaired) electrons. The van der Waals surface area contributed by atoms with Crippen LogP contribution in [-0.2, 0) is 17.8 Å². The molecule has 1 aliphatic heterocycles. The third-order valence-corrected chi connectivity index (χ3v) is 5.63. The Labute approximate surface area is 174 Å². The summed E-state index contributed by atoms with van der Waals surface area (Å²) in [7, 11) is 0. The predicted octanol–water partition coefficient (Wildman–Crippen LogP) is 3.65. The van der Waals surface area contributed by atoms with Crippen molar-refractivity contribution in [3.63, 3.8) is 0 Å². The minimum Gasteiger partial charge on any atom is -0.377 e. The van der Waals surface area contributed by atoms with Gasteiger partial charge in [-0.1, -0.05) is 36.4 Å². The number of ether oxygens (including phenoxy) is 1. The van der Waals surface area contributed by atoms with Crippen LogP contribution in [0.5, 0.6) is 0 Å². The van der Waals surface area contributed by atoms with Gasteiger partial charge in [-0.05, 0) is 36.6 Å². The summed E-state index contributed by atoms with van der Waals surface area (Å²) in [5.74, 6) is 0.671. The van der Waals surface area contributed by atoms with Crippen molar-refractivity contribution in [1.82, 2.24) is 19.9 Å². The zero-order valence-corrected chi connectivity index (χ0v) is 16.8. The molecule has 2 aromatic heterocycles. The topological polar surface area (TPSA) is 71.1 Å². The first kappa shape index (κ1) is 18.9. The van der Waals surface area contributed by atoms with Crippen molar-refractivity contribution in [3.8, 4) is 0 Å². The Kier molecular flexibility index (Phi) is 5.26. The predicted molar refractivity (Wildman–Crippen MR) is 117 cm³/mol. The van der Waals surface area contributed by atoms with Crippen LogP contribution < -0.4 is 5.56 Å². The summed E-state index contributed by atoms with van der Waals surface area (Å²) in [6.07, 6.45) is 4.20. The largest absolute Gasteiger partial charge is 0.377 e. The average Bonchev–Trinajstić information content (AvgIpc) is 3.27. The molecule has 0 bridgehead atoms. The number of rotatable bonds is 6. The van der Waals surface area contributed by atoms with Gasteiger partial charge in [-0.15, -0.1) is 0 Å².